The summed E-state index contributed by atoms with van der Waals surface area (Å²) in [5.74, 6) is -1.19. The van der Waals surface area contributed by atoms with Crippen LogP contribution in [0.3, 0.4) is 0 Å². The van der Waals surface area contributed by atoms with E-state index in [1.165, 1.54) is 60.7 Å². The highest BCUT2D eigenvalue weighted by Gasteiger charge is 2.17. The van der Waals surface area contributed by atoms with Crippen LogP contribution in [0.25, 0.3) is 0 Å². The minimum atomic E-state index is -0.550. The Balaban J connectivity index is 0.000000711. The van der Waals surface area contributed by atoms with Crippen molar-refractivity contribution in [1.29, 1.82) is 0 Å². The summed E-state index contributed by atoms with van der Waals surface area (Å²) in [6, 6.07) is 53.6. The Morgan fingerprint density at radius 2 is 0.357 bits per heavy atom. The fourth-order valence-corrected chi connectivity index (χ4v) is 9.39. The Morgan fingerprint density at radius 3 is 0.478 bits per heavy atom. The van der Waals surface area contributed by atoms with Crippen molar-refractivity contribution in [1.82, 2.24) is 0 Å². The van der Waals surface area contributed by atoms with Gasteiger partial charge in [0, 0.05) is 54.8 Å². The lowest BCUT2D eigenvalue weighted by Gasteiger charge is -2.07. The van der Waals surface area contributed by atoms with E-state index in [0.29, 0.717) is 89.6 Å². The monoisotopic (exact) mass is 1700 g/mol. The van der Waals surface area contributed by atoms with Gasteiger partial charge in [-0.25, -0.2) is 45.9 Å². The normalized spacial score (nSPS) is 9.87. The van der Waals surface area contributed by atoms with Crippen LogP contribution in [0, 0.1) is 29.1 Å². The van der Waals surface area contributed by atoms with Crippen molar-refractivity contribution in [3.63, 3.8) is 0 Å². The molecular weight excluding hydrogens is 1610 g/mol. The molecule has 115 heavy (non-hydrogen) atoms. The summed E-state index contributed by atoms with van der Waals surface area (Å²) in [5, 5.41) is 0. The minimum Gasteiger partial charge on any atom is -0.494 e. The summed E-state index contributed by atoms with van der Waals surface area (Å²) in [6.07, 6.45) is 10.2. The molecule has 0 N–H and O–H groups in total. The van der Waals surface area contributed by atoms with Crippen molar-refractivity contribution in [2.45, 2.75) is 123 Å². The molecule has 0 aliphatic heterocycles. The smallest absolute Gasteiger partial charge is 0.343 e. The number of benzene rings is 10. The maximum absolute atomic E-state index is 13.3. The van der Waals surface area contributed by atoms with Gasteiger partial charge in [0.25, 0.3) is 0 Å². The summed E-state index contributed by atoms with van der Waals surface area (Å²) >= 11 is 19.6. The van der Waals surface area contributed by atoms with Crippen molar-refractivity contribution in [3.8, 4) is 57.5 Å². The quantitative estimate of drug-likeness (QED) is 0.00944. The van der Waals surface area contributed by atoms with Gasteiger partial charge in [-0.1, -0.05) is 66.7 Å². The van der Waals surface area contributed by atoms with Crippen LogP contribution < -0.4 is 47.4 Å². The first-order chi connectivity index (χ1) is 53.0. The predicted molar refractivity (Wildman–Crippen MR) is 440 cm³/mol. The van der Waals surface area contributed by atoms with Gasteiger partial charge in [-0.15, -0.1) is 63.1 Å². The molecule has 10 aromatic rings. The molecular formula is C85H90F10O15S5. The van der Waals surface area contributed by atoms with E-state index in [4.69, 9.17) is 47.4 Å². The van der Waals surface area contributed by atoms with Crippen LogP contribution in [0.5, 0.6) is 57.5 Å². The van der Waals surface area contributed by atoms with Crippen LogP contribution in [0.4, 0.5) is 45.5 Å². The zero-order valence-corrected chi connectivity index (χ0v) is 67.6. The largest absolute Gasteiger partial charge is 0.494 e. The van der Waals surface area contributed by atoms with Gasteiger partial charge in [0.2, 0.25) is 0 Å². The summed E-state index contributed by atoms with van der Waals surface area (Å²) < 4.78 is 120. The van der Waals surface area contributed by atoms with Gasteiger partial charge in [-0.2, -0.15) is 0 Å². The zero-order chi connectivity index (χ0) is 79.7. The van der Waals surface area contributed by atoms with E-state index in [2.05, 4.69) is 97.8 Å². The second-order valence-corrected chi connectivity index (χ2v) is 26.1. The molecule has 0 unspecified atom stereocenters. The molecule has 0 saturated carbocycles. The number of esters is 5. The standard InChI is InChI=1S/5C17H17FO3S.5FH/c5*1-2-3-10-20-13-6-4-12(5-7-13)17(19)21-14-8-9-16(22)15(18)11-14;;;;;/h5*4-9,11,22H,2-3,10H2,1H3;5*1H. The summed E-state index contributed by atoms with van der Waals surface area (Å²) in [7, 11) is 0. The van der Waals surface area contributed by atoms with Gasteiger partial charge in [0.15, 0.2) is 0 Å². The zero-order valence-electron chi connectivity index (χ0n) is 63.1. The SMILES string of the molecule is CCCCOc1ccc(C(=O)Oc2ccc(S)c(F)c2)cc1.CCCCOc1ccc(C(=O)Oc2ccc(S)c(F)c2)cc1.CCCCOc1ccc(C(=O)Oc2ccc(S)c(F)c2)cc1.CCCCOc1ccc(C(=O)Oc2ccc(S)c(F)c2)cc1.CCCCOc1ccc(C(=O)Oc2ccc(S)c(F)c2)cc1.F.F.F.F.F. The van der Waals surface area contributed by atoms with Gasteiger partial charge >= 0.3 is 29.8 Å². The number of carbonyl (C=O) groups excluding carboxylic acids is 5. The van der Waals surface area contributed by atoms with Crippen LogP contribution in [-0.4, -0.2) is 62.9 Å². The average Bonchev–Trinajstić information content (AvgIpc) is 0.865. The molecule has 0 aromatic heterocycles. The number of ether oxygens (including phenoxy) is 10. The van der Waals surface area contributed by atoms with Gasteiger partial charge in [-0.3, -0.25) is 23.5 Å². The molecule has 620 valence electrons. The maximum atomic E-state index is 13.3. The molecule has 0 atom stereocenters. The lowest BCUT2D eigenvalue weighted by atomic mass is 10.2. The molecule has 30 heteroatoms. The fraction of sp³-hybridized carbons (Fsp3) is 0.235. The molecule has 0 bridgehead atoms. The van der Waals surface area contributed by atoms with Crippen molar-refractivity contribution >= 4 is 93.0 Å². The van der Waals surface area contributed by atoms with Gasteiger partial charge in [-0.05, 0) is 214 Å². The molecule has 10 rings (SSSR count). The van der Waals surface area contributed by atoms with Gasteiger partial charge in [0.05, 0.1) is 60.9 Å². The molecule has 0 aliphatic carbocycles. The van der Waals surface area contributed by atoms with E-state index in [1.807, 2.05) is 0 Å². The Bertz CT molecular complexity index is 3890. The number of hydrogen-bond donors (Lipinski definition) is 5. The molecule has 15 nitrogen and oxygen atoms in total. The van der Waals surface area contributed by atoms with Crippen LogP contribution >= 0.6 is 63.1 Å². The number of thiol groups is 5. The minimum absolute atomic E-state index is 0. The highest BCUT2D eigenvalue weighted by molar-refractivity contribution is 7.81. The van der Waals surface area contributed by atoms with E-state index in [1.54, 1.807) is 121 Å². The second kappa shape index (κ2) is 56.0. The molecule has 0 heterocycles. The Hall–Kier alpha value is -10.4. The highest BCUT2D eigenvalue weighted by Crippen LogP contribution is 2.28. The number of hydrogen-bond acceptors (Lipinski definition) is 20. The van der Waals surface area contributed by atoms with Crippen molar-refractivity contribution < 1.29 is 117 Å². The van der Waals surface area contributed by atoms with Crippen LogP contribution in [0.2, 0.25) is 0 Å². The van der Waals surface area contributed by atoms with Crippen molar-refractivity contribution in [2.24, 2.45) is 0 Å². The average molecular weight is 1700 g/mol. The topological polar surface area (TPSA) is 178 Å². The molecule has 0 radical (unpaired) electrons. The third kappa shape index (κ3) is 37.2. The van der Waals surface area contributed by atoms with Crippen LogP contribution in [-0.2, 0) is 0 Å². The Morgan fingerprint density at radius 1 is 0.226 bits per heavy atom. The van der Waals surface area contributed by atoms with E-state index in [9.17, 15) is 45.9 Å². The number of unbranched alkanes of at least 4 members (excludes halogenated alkanes) is 5. The first kappa shape index (κ1) is 103. The molecule has 0 spiro atoms. The van der Waals surface area contributed by atoms with Crippen molar-refractivity contribution in [2.75, 3.05) is 33.0 Å². The number of rotatable bonds is 30. The third-order valence-corrected chi connectivity index (χ3v) is 16.7. The Kier molecular flexibility index (Phi) is 49.9. The van der Waals surface area contributed by atoms with E-state index in [0.717, 1.165) is 94.5 Å². The molecule has 0 fully saturated rings. The van der Waals surface area contributed by atoms with Crippen molar-refractivity contribution in [3.05, 3.63) is 269 Å². The number of carbonyl (C=O) groups is 5. The first-order valence-corrected chi connectivity index (χ1v) is 37.4. The third-order valence-electron chi connectivity index (χ3n) is 14.9. The fourth-order valence-electron chi connectivity index (χ4n) is 8.69. The summed E-state index contributed by atoms with van der Waals surface area (Å²) in [4.78, 5) is 60.9. The lowest BCUT2D eigenvalue weighted by Crippen LogP contribution is -2.08. The first-order valence-electron chi connectivity index (χ1n) is 35.2. The molecule has 10 aromatic carbocycles. The number of halogens is 10. The van der Waals surface area contributed by atoms with E-state index >= 15 is 0 Å². The van der Waals surface area contributed by atoms with Gasteiger partial charge < -0.3 is 47.4 Å². The lowest BCUT2D eigenvalue weighted by molar-refractivity contribution is 0.0724. The van der Waals surface area contributed by atoms with Gasteiger partial charge in [0.1, 0.15) is 86.6 Å². The van der Waals surface area contributed by atoms with E-state index in [-0.39, 0.29) is 76.7 Å². The molecule has 0 aliphatic rings. The summed E-state index contributed by atoms with van der Waals surface area (Å²) in [6.45, 7) is 13.7. The van der Waals surface area contributed by atoms with E-state index < -0.39 is 58.9 Å². The Labute approximate surface area is 688 Å². The maximum Gasteiger partial charge on any atom is 0.343 e. The second-order valence-electron chi connectivity index (χ2n) is 23.6. The highest BCUT2D eigenvalue weighted by atomic mass is 32.1. The predicted octanol–water partition coefficient (Wildman–Crippen LogP) is 23.3. The molecule has 0 amide bonds. The van der Waals surface area contributed by atoms with Crippen LogP contribution in [0.15, 0.2) is 237 Å². The van der Waals surface area contributed by atoms with Crippen LogP contribution in [0.1, 0.15) is 151 Å². The molecule has 0 saturated heterocycles. The summed E-state index contributed by atoms with van der Waals surface area (Å²) in [5.41, 5.74) is 1.87.